The molecule has 0 spiro atoms. The Morgan fingerprint density at radius 3 is 0.887 bits per heavy atom. The number of aldehydes is 1. The zero-order chi connectivity index (χ0) is 45.0. The van der Waals surface area contributed by atoms with Crippen LogP contribution >= 0.6 is 0 Å². The van der Waals surface area contributed by atoms with Gasteiger partial charge in [-0.3, -0.25) is 19.4 Å². The number of carbonyl (C=O) groups is 3. The number of unbranched alkanes of at least 4 members (excludes halogenated alkanes) is 29. The summed E-state index contributed by atoms with van der Waals surface area (Å²) in [6, 6.07) is 0. The van der Waals surface area contributed by atoms with Gasteiger partial charge in [0, 0.05) is 45.7 Å². The molecule has 0 bridgehead atoms. The normalized spacial score (nSPS) is 13.3. The van der Waals surface area contributed by atoms with Gasteiger partial charge in [-0.2, -0.15) is 0 Å². The molecule has 0 N–H and O–H groups in total. The first-order chi connectivity index (χ1) is 30.5. The van der Waals surface area contributed by atoms with Crippen LogP contribution in [0.1, 0.15) is 246 Å². The zero-order valence-electron chi connectivity index (χ0n) is 42.3. The minimum atomic E-state index is 0.244. The average molecular weight is 874 g/mol. The second-order valence-corrected chi connectivity index (χ2v) is 19.4. The molecule has 8 nitrogen and oxygen atoms in total. The zero-order valence-corrected chi connectivity index (χ0v) is 42.3. The highest BCUT2D eigenvalue weighted by Gasteiger charge is 2.26. The third kappa shape index (κ3) is 34.8. The van der Waals surface area contributed by atoms with Crippen LogP contribution in [0.5, 0.6) is 0 Å². The summed E-state index contributed by atoms with van der Waals surface area (Å²) < 4.78 is 0. The molecule has 8 heteroatoms. The van der Waals surface area contributed by atoms with Crippen LogP contribution in [0, 0.1) is 0 Å². The lowest BCUT2D eigenvalue weighted by atomic mass is 10.1. The van der Waals surface area contributed by atoms with Gasteiger partial charge in [-0.15, -0.1) is 0 Å². The lowest BCUT2D eigenvalue weighted by Gasteiger charge is -2.37. The molecule has 62 heavy (non-hydrogen) atoms. The molecule has 0 radical (unpaired) electrons. The second-order valence-electron chi connectivity index (χ2n) is 19.4. The highest BCUT2D eigenvalue weighted by Crippen LogP contribution is 2.14. The maximum atomic E-state index is 13.9. The number of nitrogens with zero attached hydrogens (tertiary/aromatic N) is 5. The predicted octanol–water partition coefficient (Wildman–Crippen LogP) is 13.1. The highest BCUT2D eigenvalue weighted by molar-refractivity contribution is 5.80. The molecule has 2 amide bonds. The molecule has 1 aliphatic heterocycles. The predicted molar refractivity (Wildman–Crippen MR) is 268 cm³/mol. The molecule has 0 aromatic rings. The first kappa shape index (κ1) is 58.5. The highest BCUT2D eigenvalue weighted by atomic mass is 16.2. The fourth-order valence-corrected chi connectivity index (χ4v) is 9.21. The Morgan fingerprint density at radius 1 is 0.339 bits per heavy atom. The van der Waals surface area contributed by atoms with Crippen LogP contribution in [0.4, 0.5) is 0 Å². The minimum absolute atomic E-state index is 0.244. The van der Waals surface area contributed by atoms with E-state index in [0.717, 1.165) is 71.4 Å². The Hall–Kier alpha value is -1.51. The van der Waals surface area contributed by atoms with Crippen molar-refractivity contribution in [3.63, 3.8) is 0 Å². The average Bonchev–Trinajstić information content (AvgIpc) is 3.28. The number of rotatable bonds is 47. The van der Waals surface area contributed by atoms with Crippen LogP contribution in [-0.4, -0.2) is 128 Å². The Bertz CT molecular complexity index is 971. The standard InChI is InChI=1S/C54H107N5O3/c1-5-9-13-17-21-27-33-39-55(40-34-28-25-26-32-38-50-60)44-45-57(43-37-31-24-20-16-12-8-4)52-54(62)59-48-46-58(47-49-59)53(61)51-56(41-35-29-22-18-14-10-6-2)42-36-30-23-19-15-11-7-3/h50H,5-49,51-52H2,1-4H3. The number of hydrogen-bond donors (Lipinski definition) is 0. The summed E-state index contributed by atoms with van der Waals surface area (Å²) in [5.41, 5.74) is 0. The van der Waals surface area contributed by atoms with Crippen molar-refractivity contribution in [2.24, 2.45) is 0 Å². The van der Waals surface area contributed by atoms with Crippen LogP contribution in [0.15, 0.2) is 0 Å². The summed E-state index contributed by atoms with van der Waals surface area (Å²) in [5, 5.41) is 0. The Morgan fingerprint density at radius 2 is 0.581 bits per heavy atom. The fraction of sp³-hybridized carbons (Fsp3) is 0.944. The van der Waals surface area contributed by atoms with Gasteiger partial charge in [-0.25, -0.2) is 0 Å². The third-order valence-corrected chi connectivity index (χ3v) is 13.5. The summed E-state index contributed by atoms with van der Waals surface area (Å²) in [5.74, 6) is 0.499. The number of piperazine rings is 1. The van der Waals surface area contributed by atoms with Crippen molar-refractivity contribution in [1.29, 1.82) is 0 Å². The van der Waals surface area contributed by atoms with Gasteiger partial charge >= 0.3 is 0 Å². The Kier molecular flexibility index (Phi) is 42.2. The largest absolute Gasteiger partial charge is 0.338 e. The monoisotopic (exact) mass is 874 g/mol. The van der Waals surface area contributed by atoms with E-state index in [9.17, 15) is 14.4 Å². The van der Waals surface area contributed by atoms with Gasteiger partial charge in [0.15, 0.2) is 0 Å². The number of amides is 2. The summed E-state index contributed by atoms with van der Waals surface area (Å²) >= 11 is 0. The Balaban J connectivity index is 2.77. The van der Waals surface area contributed by atoms with Gasteiger partial charge in [0.05, 0.1) is 13.1 Å². The van der Waals surface area contributed by atoms with Crippen LogP contribution in [0.3, 0.4) is 0 Å². The van der Waals surface area contributed by atoms with Crippen molar-refractivity contribution < 1.29 is 14.4 Å². The van der Waals surface area contributed by atoms with E-state index in [1.807, 2.05) is 4.90 Å². The minimum Gasteiger partial charge on any atom is -0.338 e. The molecular weight excluding hydrogens is 767 g/mol. The van der Waals surface area contributed by atoms with Crippen LogP contribution in [-0.2, 0) is 14.4 Å². The van der Waals surface area contributed by atoms with Crippen molar-refractivity contribution >= 4 is 18.1 Å². The van der Waals surface area contributed by atoms with Crippen molar-refractivity contribution in [3.05, 3.63) is 0 Å². The summed E-state index contributed by atoms with van der Waals surface area (Å²) in [4.78, 5) is 50.1. The molecule has 0 aromatic heterocycles. The summed E-state index contributed by atoms with van der Waals surface area (Å²) in [6.45, 7) is 20.1. The van der Waals surface area contributed by atoms with Crippen LogP contribution < -0.4 is 0 Å². The topological polar surface area (TPSA) is 67.4 Å². The van der Waals surface area contributed by atoms with Gasteiger partial charge in [0.25, 0.3) is 0 Å². The third-order valence-electron chi connectivity index (χ3n) is 13.5. The van der Waals surface area contributed by atoms with Crippen molar-refractivity contribution in [2.75, 3.05) is 85.1 Å². The van der Waals surface area contributed by atoms with E-state index in [4.69, 9.17) is 0 Å². The van der Waals surface area contributed by atoms with E-state index >= 15 is 0 Å². The van der Waals surface area contributed by atoms with E-state index in [1.165, 1.54) is 193 Å². The van der Waals surface area contributed by atoms with Crippen LogP contribution in [0.2, 0.25) is 0 Å². The molecule has 0 aliphatic carbocycles. The summed E-state index contributed by atoms with van der Waals surface area (Å²) in [6.07, 6.45) is 44.1. The number of carbonyl (C=O) groups excluding carboxylic acids is 3. The maximum Gasteiger partial charge on any atom is 0.236 e. The van der Waals surface area contributed by atoms with E-state index in [-0.39, 0.29) is 11.8 Å². The van der Waals surface area contributed by atoms with Gasteiger partial charge in [0.2, 0.25) is 11.8 Å². The lowest BCUT2D eigenvalue weighted by molar-refractivity contribution is -0.140. The summed E-state index contributed by atoms with van der Waals surface area (Å²) in [7, 11) is 0. The smallest absolute Gasteiger partial charge is 0.236 e. The molecule has 0 atom stereocenters. The SMILES string of the molecule is CCCCCCCCCN(CCCCCCCC=O)CCN(CCCCCCCCC)CC(=O)N1CCN(C(=O)CN(CCCCCCCCC)CCCCCCCCC)CC1. The second kappa shape index (κ2) is 44.7. The molecule has 1 fully saturated rings. The number of hydrogen-bond acceptors (Lipinski definition) is 6. The first-order valence-corrected chi connectivity index (χ1v) is 27.6. The van der Waals surface area contributed by atoms with Crippen LogP contribution in [0.25, 0.3) is 0 Å². The van der Waals surface area contributed by atoms with Crippen molar-refractivity contribution in [3.8, 4) is 0 Å². The van der Waals surface area contributed by atoms with Gasteiger partial charge in [-0.1, -0.05) is 201 Å². The lowest BCUT2D eigenvalue weighted by Crippen LogP contribution is -2.54. The molecule has 0 unspecified atom stereocenters. The van der Waals surface area contributed by atoms with E-state index in [1.54, 1.807) is 0 Å². The van der Waals surface area contributed by atoms with Gasteiger partial charge < -0.3 is 19.5 Å². The maximum absolute atomic E-state index is 13.9. The molecular formula is C54H107N5O3. The van der Waals surface area contributed by atoms with Gasteiger partial charge in [0.1, 0.15) is 6.29 Å². The van der Waals surface area contributed by atoms with Crippen molar-refractivity contribution in [1.82, 2.24) is 24.5 Å². The first-order valence-electron chi connectivity index (χ1n) is 27.6. The molecule has 1 rings (SSSR count). The van der Waals surface area contributed by atoms with Crippen molar-refractivity contribution in [2.45, 2.75) is 246 Å². The molecule has 366 valence electrons. The van der Waals surface area contributed by atoms with E-state index in [0.29, 0.717) is 45.7 Å². The molecule has 0 aromatic carbocycles. The molecule has 1 aliphatic rings. The Labute approximate surface area is 386 Å². The quantitative estimate of drug-likeness (QED) is 0.0448. The fourth-order valence-electron chi connectivity index (χ4n) is 9.21. The molecule has 1 heterocycles. The van der Waals surface area contributed by atoms with Gasteiger partial charge in [-0.05, 0) is 71.2 Å². The van der Waals surface area contributed by atoms with E-state index in [2.05, 4.69) is 47.3 Å². The molecule has 0 saturated carbocycles. The van der Waals surface area contributed by atoms with E-state index < -0.39 is 0 Å². The molecule has 1 saturated heterocycles.